The first-order valence-electron chi connectivity index (χ1n) is 13.8. The van der Waals surface area contributed by atoms with E-state index in [1.165, 1.54) is 22.2 Å². The summed E-state index contributed by atoms with van der Waals surface area (Å²) in [5, 5.41) is 2.33. The van der Waals surface area contributed by atoms with E-state index in [1.54, 1.807) is 0 Å². The van der Waals surface area contributed by atoms with Crippen LogP contribution >= 0.6 is 0 Å². The molecule has 5 heteroatoms. The lowest BCUT2D eigenvalue weighted by Gasteiger charge is -2.32. The van der Waals surface area contributed by atoms with Gasteiger partial charge in [0, 0.05) is 53.2 Å². The van der Waals surface area contributed by atoms with Crippen LogP contribution in [0.4, 0.5) is 5.69 Å². The van der Waals surface area contributed by atoms with E-state index in [1.807, 2.05) is 25.1 Å². The van der Waals surface area contributed by atoms with Gasteiger partial charge in [-0.15, -0.1) is 0 Å². The van der Waals surface area contributed by atoms with E-state index in [-0.39, 0.29) is 5.97 Å². The molecule has 0 bridgehead atoms. The lowest BCUT2D eigenvalue weighted by Crippen LogP contribution is -2.39. The number of carbonyl (C=O) groups is 1. The van der Waals surface area contributed by atoms with Crippen LogP contribution in [0.25, 0.3) is 5.57 Å². The maximum absolute atomic E-state index is 13.1. The van der Waals surface area contributed by atoms with Crippen LogP contribution in [0.3, 0.4) is 0 Å². The number of hydrogen-bond acceptors (Lipinski definition) is 4. The molecule has 37 heavy (non-hydrogen) atoms. The smallest absolute Gasteiger partial charge is 0.338 e. The number of rotatable bonds is 5. The minimum absolute atomic E-state index is 0.287. The van der Waals surface area contributed by atoms with Crippen LogP contribution in [-0.2, 0) is 17.6 Å². The summed E-state index contributed by atoms with van der Waals surface area (Å²) in [6.07, 6.45) is 4.39. The van der Waals surface area contributed by atoms with E-state index in [0.717, 1.165) is 85.3 Å². The molecule has 3 aromatic rings. The van der Waals surface area contributed by atoms with Gasteiger partial charge >= 0.3 is 5.97 Å². The minimum Gasteiger partial charge on any atom is -0.462 e. The van der Waals surface area contributed by atoms with Crippen molar-refractivity contribution in [1.82, 2.24) is 4.58 Å². The first-order chi connectivity index (χ1) is 18.1. The van der Waals surface area contributed by atoms with Gasteiger partial charge in [-0.05, 0) is 69.4 Å². The second-order valence-electron chi connectivity index (χ2n) is 10.1. The van der Waals surface area contributed by atoms with Crippen LogP contribution in [0, 0.1) is 0 Å². The molecule has 190 valence electrons. The standard InChI is InChI=1S/C32H35N2O3/c1-4-33-15-9-11-21-17-25-29(19-27(21)33)37-30-20-28-22(12-10-16-34(28)5-2)18-26(30)31(25)23-13-7-8-14-24(23)32(35)36-6-3/h7-8,13-14,17-20H,4-6,9-12,15-16H2,1-3H3/q+1. The predicted octanol–water partition coefficient (Wildman–Crippen LogP) is 4.45. The van der Waals surface area contributed by atoms with E-state index in [2.05, 4.69) is 53.7 Å². The van der Waals surface area contributed by atoms with Crippen LogP contribution in [0.15, 0.2) is 48.5 Å². The number of aryl methyl sites for hydroxylation is 2. The highest BCUT2D eigenvalue weighted by Crippen LogP contribution is 2.42. The Hall–Kier alpha value is -3.60. The van der Waals surface area contributed by atoms with Gasteiger partial charge < -0.3 is 14.4 Å². The van der Waals surface area contributed by atoms with E-state index >= 15 is 0 Å². The first kappa shape index (κ1) is 23.8. The lowest BCUT2D eigenvalue weighted by molar-refractivity contribution is 0.0526. The molecule has 0 amide bonds. The topological polar surface area (TPSA) is 41.8 Å². The molecule has 3 heterocycles. The Morgan fingerprint density at radius 3 is 2.62 bits per heavy atom. The average Bonchev–Trinajstić information content (AvgIpc) is 2.93. The van der Waals surface area contributed by atoms with Crippen LogP contribution in [0.5, 0.6) is 11.5 Å². The van der Waals surface area contributed by atoms with Gasteiger partial charge in [-0.25, -0.2) is 9.37 Å². The molecular weight excluding hydrogens is 460 g/mol. The van der Waals surface area contributed by atoms with Gasteiger partial charge in [-0.1, -0.05) is 18.2 Å². The largest absolute Gasteiger partial charge is 0.462 e. The molecule has 0 unspecified atom stereocenters. The minimum atomic E-state index is -0.287. The summed E-state index contributed by atoms with van der Waals surface area (Å²) < 4.78 is 14.6. The van der Waals surface area contributed by atoms with Crippen LogP contribution in [0.2, 0.25) is 0 Å². The van der Waals surface area contributed by atoms with Crippen molar-refractivity contribution in [3.05, 3.63) is 86.9 Å². The Bertz CT molecular complexity index is 1520. The number of anilines is 1. The third-order valence-electron chi connectivity index (χ3n) is 8.01. The zero-order chi connectivity index (χ0) is 25.5. The summed E-state index contributed by atoms with van der Waals surface area (Å²) in [5.74, 6) is 1.43. The molecule has 6 rings (SSSR count). The van der Waals surface area contributed by atoms with Gasteiger partial charge in [0.2, 0.25) is 5.36 Å². The Balaban J connectivity index is 1.69. The highest BCUT2D eigenvalue weighted by Gasteiger charge is 2.29. The molecule has 0 spiro atoms. The van der Waals surface area contributed by atoms with Crippen molar-refractivity contribution in [3.63, 3.8) is 0 Å². The normalized spacial score (nSPS) is 15.8. The SMILES string of the molecule is CCOC(=O)c1ccccc1C1=c2cc3c(cc2Oc2cc4c(cc21)CCCN4CC)=[N+](CC)CCC3. The quantitative estimate of drug-likeness (QED) is 0.303. The van der Waals surface area contributed by atoms with Crippen molar-refractivity contribution < 1.29 is 14.3 Å². The van der Waals surface area contributed by atoms with Gasteiger partial charge in [0.15, 0.2) is 0 Å². The maximum Gasteiger partial charge on any atom is 0.338 e. The summed E-state index contributed by atoms with van der Waals surface area (Å²) >= 11 is 0. The summed E-state index contributed by atoms with van der Waals surface area (Å²) in [7, 11) is 0. The Kier molecular flexibility index (Phi) is 6.23. The number of fused-ring (bicyclic) bond motifs is 4. The van der Waals surface area contributed by atoms with Crippen LogP contribution < -0.4 is 24.8 Å². The molecule has 0 radical (unpaired) electrons. The zero-order valence-corrected chi connectivity index (χ0v) is 22.1. The second-order valence-corrected chi connectivity index (χ2v) is 10.1. The van der Waals surface area contributed by atoms with Crippen molar-refractivity contribution in [2.75, 3.05) is 37.7 Å². The molecule has 5 nitrogen and oxygen atoms in total. The summed E-state index contributed by atoms with van der Waals surface area (Å²) in [5.41, 5.74) is 7.58. The molecule has 0 saturated carbocycles. The van der Waals surface area contributed by atoms with Gasteiger partial charge in [0.25, 0.3) is 0 Å². The van der Waals surface area contributed by atoms with Crippen molar-refractivity contribution >= 4 is 17.2 Å². The fraction of sp³-hybridized carbons (Fsp3) is 0.375. The number of nitrogens with zero attached hydrogens (tertiary/aromatic N) is 2. The second kappa shape index (κ2) is 9.70. The number of esters is 1. The highest BCUT2D eigenvalue weighted by molar-refractivity contribution is 5.99. The summed E-state index contributed by atoms with van der Waals surface area (Å²) in [6, 6.07) is 16.9. The third-order valence-corrected chi connectivity index (χ3v) is 8.01. The Morgan fingerprint density at radius 1 is 0.973 bits per heavy atom. The molecular formula is C32H35N2O3+. The number of hydrogen-bond donors (Lipinski definition) is 0. The van der Waals surface area contributed by atoms with Crippen molar-refractivity contribution in [1.29, 1.82) is 0 Å². The van der Waals surface area contributed by atoms with Crippen molar-refractivity contribution in [3.8, 4) is 11.5 Å². The molecule has 0 fully saturated rings. The molecule has 0 aromatic heterocycles. The molecule has 0 saturated heterocycles. The van der Waals surface area contributed by atoms with Gasteiger partial charge in [0.05, 0.1) is 18.2 Å². The van der Waals surface area contributed by atoms with E-state index < -0.39 is 0 Å². The van der Waals surface area contributed by atoms with Crippen molar-refractivity contribution in [2.24, 2.45) is 0 Å². The lowest BCUT2D eigenvalue weighted by atomic mass is 9.86. The Morgan fingerprint density at radius 2 is 1.81 bits per heavy atom. The maximum atomic E-state index is 13.1. The fourth-order valence-corrected chi connectivity index (χ4v) is 6.24. The van der Waals surface area contributed by atoms with Gasteiger partial charge in [0.1, 0.15) is 24.6 Å². The fourth-order valence-electron chi connectivity index (χ4n) is 6.24. The van der Waals surface area contributed by atoms with Gasteiger partial charge in [-0.3, -0.25) is 0 Å². The molecule has 3 aliphatic rings. The highest BCUT2D eigenvalue weighted by atomic mass is 16.5. The van der Waals surface area contributed by atoms with E-state index in [0.29, 0.717) is 12.2 Å². The first-order valence-corrected chi connectivity index (χ1v) is 13.8. The zero-order valence-electron chi connectivity index (χ0n) is 22.1. The van der Waals surface area contributed by atoms with Crippen LogP contribution in [-0.4, -0.2) is 38.8 Å². The third kappa shape index (κ3) is 4.01. The summed E-state index contributed by atoms with van der Waals surface area (Å²) in [4.78, 5) is 15.5. The van der Waals surface area contributed by atoms with E-state index in [9.17, 15) is 4.79 Å². The molecule has 3 aromatic carbocycles. The number of carbonyl (C=O) groups excluding carboxylic acids is 1. The molecule has 0 N–H and O–H groups in total. The van der Waals surface area contributed by atoms with Gasteiger partial charge in [-0.2, -0.15) is 0 Å². The van der Waals surface area contributed by atoms with Crippen LogP contribution in [0.1, 0.15) is 66.2 Å². The average molecular weight is 496 g/mol. The Labute approximate surface area is 218 Å². The van der Waals surface area contributed by atoms with Crippen molar-refractivity contribution in [2.45, 2.75) is 46.5 Å². The monoisotopic (exact) mass is 495 g/mol. The number of ether oxygens (including phenoxy) is 2. The predicted molar refractivity (Wildman–Crippen MR) is 147 cm³/mol. The van der Waals surface area contributed by atoms with E-state index in [4.69, 9.17) is 9.47 Å². The molecule has 0 atom stereocenters. The number of benzene rings is 3. The molecule has 0 aliphatic carbocycles. The molecule has 3 aliphatic heterocycles. The summed E-state index contributed by atoms with van der Waals surface area (Å²) in [6.45, 7) is 10.7.